The Hall–Kier alpha value is -1.71. The van der Waals surface area contributed by atoms with Gasteiger partial charge in [0.25, 0.3) is 5.69 Å². The molecule has 0 amide bonds. The molecule has 2 aromatic carbocycles. The van der Waals surface area contributed by atoms with Crippen molar-refractivity contribution in [3.05, 3.63) is 68.2 Å². The molecule has 2 aromatic rings. The monoisotopic (exact) mass is 389 g/mol. The van der Waals surface area contributed by atoms with Gasteiger partial charge in [-0.05, 0) is 17.7 Å². The van der Waals surface area contributed by atoms with Crippen LogP contribution in [-0.4, -0.2) is 19.9 Å². The molecule has 1 unspecified atom stereocenters. The smallest absolute Gasteiger partial charge is 0.289 e. The summed E-state index contributed by atoms with van der Waals surface area (Å²) in [5.74, 6) is 0. The number of nitrogens with zero attached hydrogens (tertiary/aromatic N) is 1. The van der Waals surface area contributed by atoms with Gasteiger partial charge in [-0.15, -0.1) is 0 Å². The van der Waals surface area contributed by atoms with E-state index in [0.717, 1.165) is 12.1 Å². The molecule has 0 bridgehead atoms. The molecule has 0 aromatic heterocycles. The minimum Gasteiger partial charge on any atom is -0.323 e. The zero-order valence-corrected chi connectivity index (χ0v) is 14.5. The molecule has 0 heterocycles. The molecule has 0 saturated carbocycles. The Morgan fingerprint density at radius 2 is 1.83 bits per heavy atom. The summed E-state index contributed by atoms with van der Waals surface area (Å²) in [7, 11) is -4.11. The number of benzene rings is 2. The first-order valence-electron chi connectivity index (χ1n) is 6.66. The summed E-state index contributed by atoms with van der Waals surface area (Å²) >= 11 is 11.9. The van der Waals surface area contributed by atoms with Crippen molar-refractivity contribution in [3.63, 3.8) is 0 Å². The van der Waals surface area contributed by atoms with Gasteiger partial charge in [0.2, 0.25) is 10.0 Å². The van der Waals surface area contributed by atoms with Crippen molar-refractivity contribution in [2.75, 3.05) is 6.54 Å². The number of halogens is 2. The predicted molar refractivity (Wildman–Crippen MR) is 91.7 cm³/mol. The van der Waals surface area contributed by atoms with E-state index in [1.54, 1.807) is 18.2 Å². The maximum atomic E-state index is 12.3. The van der Waals surface area contributed by atoms with Crippen LogP contribution in [0.5, 0.6) is 0 Å². The highest BCUT2D eigenvalue weighted by Gasteiger charge is 2.25. The third-order valence-corrected chi connectivity index (χ3v) is 5.53. The molecule has 0 radical (unpaired) electrons. The number of nitro groups is 1. The van der Waals surface area contributed by atoms with Crippen molar-refractivity contribution in [2.24, 2.45) is 5.73 Å². The minimum absolute atomic E-state index is 0.200. The van der Waals surface area contributed by atoms with Crippen LogP contribution in [0.1, 0.15) is 11.6 Å². The summed E-state index contributed by atoms with van der Waals surface area (Å²) in [6.07, 6.45) is 0. The van der Waals surface area contributed by atoms with E-state index in [0.29, 0.717) is 10.6 Å². The van der Waals surface area contributed by atoms with Gasteiger partial charge in [-0.1, -0.05) is 47.5 Å². The lowest BCUT2D eigenvalue weighted by atomic mass is 10.1. The van der Waals surface area contributed by atoms with Crippen LogP contribution in [0.2, 0.25) is 10.0 Å². The lowest BCUT2D eigenvalue weighted by molar-refractivity contribution is -0.387. The summed E-state index contributed by atoms with van der Waals surface area (Å²) in [4.78, 5) is 9.77. The van der Waals surface area contributed by atoms with E-state index < -0.39 is 31.6 Å². The molecule has 0 aliphatic rings. The van der Waals surface area contributed by atoms with Crippen molar-refractivity contribution in [1.29, 1.82) is 0 Å². The summed E-state index contributed by atoms with van der Waals surface area (Å²) < 4.78 is 26.9. The van der Waals surface area contributed by atoms with E-state index in [1.165, 1.54) is 12.1 Å². The first-order valence-corrected chi connectivity index (χ1v) is 8.90. The molecule has 1 atom stereocenters. The molecule has 0 fully saturated rings. The lowest BCUT2D eigenvalue weighted by Crippen LogP contribution is -2.32. The molecule has 0 aliphatic heterocycles. The van der Waals surface area contributed by atoms with E-state index in [-0.39, 0.29) is 11.6 Å². The number of nitrogens with one attached hydrogen (secondary N) is 1. The van der Waals surface area contributed by atoms with E-state index in [9.17, 15) is 18.5 Å². The van der Waals surface area contributed by atoms with E-state index in [1.807, 2.05) is 0 Å². The molecule has 2 rings (SSSR count). The molecule has 0 aliphatic carbocycles. The second-order valence-corrected chi connectivity index (χ2v) is 7.35. The number of nitrogens with two attached hydrogens (primary N) is 1. The van der Waals surface area contributed by atoms with E-state index in [4.69, 9.17) is 28.9 Å². The molecule has 0 spiro atoms. The lowest BCUT2D eigenvalue weighted by Gasteiger charge is -2.15. The summed E-state index contributed by atoms with van der Waals surface area (Å²) in [5, 5.41) is 11.5. The molecule has 24 heavy (non-hydrogen) atoms. The molecule has 128 valence electrons. The number of sulfonamides is 1. The van der Waals surface area contributed by atoms with Crippen molar-refractivity contribution in [3.8, 4) is 0 Å². The Bertz CT molecular complexity index is 874. The number of hydrogen-bond acceptors (Lipinski definition) is 5. The third kappa shape index (κ3) is 4.03. The summed E-state index contributed by atoms with van der Waals surface area (Å²) in [5.41, 5.74) is 5.90. The van der Waals surface area contributed by atoms with Gasteiger partial charge in [0.05, 0.1) is 15.0 Å². The Labute approximate surface area is 148 Å². The van der Waals surface area contributed by atoms with Crippen LogP contribution < -0.4 is 10.5 Å². The SMILES string of the molecule is NC(CNS(=O)(=O)c1ccccc1[N+](=O)[O-])c1cccc(Cl)c1Cl. The Morgan fingerprint density at radius 1 is 1.17 bits per heavy atom. The van der Waals surface area contributed by atoms with Crippen molar-refractivity contribution in [1.82, 2.24) is 4.72 Å². The highest BCUT2D eigenvalue weighted by Crippen LogP contribution is 2.29. The highest BCUT2D eigenvalue weighted by atomic mass is 35.5. The largest absolute Gasteiger partial charge is 0.323 e. The van der Waals surface area contributed by atoms with Gasteiger partial charge < -0.3 is 5.73 Å². The van der Waals surface area contributed by atoms with Crippen LogP contribution in [0.25, 0.3) is 0 Å². The maximum Gasteiger partial charge on any atom is 0.289 e. The molecular weight excluding hydrogens is 377 g/mol. The van der Waals surface area contributed by atoms with Crippen LogP contribution in [-0.2, 0) is 10.0 Å². The predicted octanol–water partition coefficient (Wildman–Crippen LogP) is 2.88. The Kier molecular flexibility index (Phi) is 5.79. The van der Waals surface area contributed by atoms with E-state index in [2.05, 4.69) is 4.72 Å². The first-order chi connectivity index (χ1) is 11.2. The third-order valence-electron chi connectivity index (χ3n) is 3.23. The van der Waals surface area contributed by atoms with Gasteiger partial charge in [-0.3, -0.25) is 10.1 Å². The maximum absolute atomic E-state index is 12.3. The van der Waals surface area contributed by atoms with Crippen molar-refractivity contribution < 1.29 is 13.3 Å². The molecular formula is C14H13Cl2N3O4S. The van der Waals surface area contributed by atoms with E-state index >= 15 is 0 Å². The first kappa shape index (κ1) is 18.6. The molecule has 0 saturated heterocycles. The number of hydrogen-bond donors (Lipinski definition) is 2. The van der Waals surface area contributed by atoms with Crippen molar-refractivity contribution in [2.45, 2.75) is 10.9 Å². The average Bonchev–Trinajstić information content (AvgIpc) is 2.55. The Balaban J connectivity index is 2.22. The number of para-hydroxylation sites is 1. The second kappa shape index (κ2) is 7.45. The van der Waals surface area contributed by atoms with Crippen LogP contribution in [0, 0.1) is 10.1 Å². The molecule has 7 nitrogen and oxygen atoms in total. The Morgan fingerprint density at radius 3 is 2.50 bits per heavy atom. The second-order valence-electron chi connectivity index (χ2n) is 4.83. The molecule has 3 N–H and O–H groups in total. The fraction of sp³-hybridized carbons (Fsp3) is 0.143. The van der Waals surface area contributed by atoms with Gasteiger partial charge >= 0.3 is 0 Å². The average molecular weight is 390 g/mol. The standard InChI is InChI=1S/C14H13Cl2N3O4S/c15-10-5-3-4-9(14(10)16)11(17)8-18-24(22,23)13-7-2-1-6-12(13)19(20)21/h1-7,11,18H,8,17H2. The summed E-state index contributed by atoms with van der Waals surface area (Å²) in [6.45, 7) is -0.200. The zero-order valence-electron chi connectivity index (χ0n) is 12.1. The van der Waals surface area contributed by atoms with Crippen LogP contribution in [0.15, 0.2) is 47.4 Å². The van der Waals surface area contributed by atoms with Crippen LogP contribution in [0.3, 0.4) is 0 Å². The zero-order chi connectivity index (χ0) is 17.9. The highest BCUT2D eigenvalue weighted by molar-refractivity contribution is 7.89. The normalized spacial score (nSPS) is 12.8. The van der Waals surface area contributed by atoms with Gasteiger partial charge in [-0.25, -0.2) is 13.1 Å². The van der Waals surface area contributed by atoms with Gasteiger partial charge in [-0.2, -0.15) is 0 Å². The molecule has 10 heteroatoms. The van der Waals surface area contributed by atoms with Crippen LogP contribution >= 0.6 is 23.2 Å². The fourth-order valence-electron chi connectivity index (χ4n) is 2.03. The van der Waals surface area contributed by atoms with Gasteiger partial charge in [0.1, 0.15) is 0 Å². The fourth-order valence-corrected chi connectivity index (χ4v) is 3.71. The minimum atomic E-state index is -4.11. The van der Waals surface area contributed by atoms with Crippen molar-refractivity contribution >= 4 is 38.9 Å². The van der Waals surface area contributed by atoms with Gasteiger partial charge in [0.15, 0.2) is 4.90 Å². The summed E-state index contributed by atoms with van der Waals surface area (Å²) in [6, 6.07) is 9.12. The number of nitro benzene ring substituents is 1. The van der Waals surface area contributed by atoms with Gasteiger partial charge in [0, 0.05) is 18.7 Å². The van der Waals surface area contributed by atoms with Crippen LogP contribution in [0.4, 0.5) is 5.69 Å². The quantitative estimate of drug-likeness (QED) is 0.581. The number of rotatable bonds is 6. The topological polar surface area (TPSA) is 115 Å².